The largest absolute Gasteiger partial charge is 0.338 e. The first-order chi connectivity index (χ1) is 14.7. The summed E-state index contributed by atoms with van der Waals surface area (Å²) in [7, 11) is 1.67. The topological polar surface area (TPSA) is 89.2 Å². The second-order valence-corrected chi connectivity index (χ2v) is 7.72. The molecule has 2 aromatic heterocycles. The van der Waals surface area contributed by atoms with Crippen molar-refractivity contribution < 1.29 is 4.79 Å². The van der Waals surface area contributed by atoms with Gasteiger partial charge in [0.2, 0.25) is 5.91 Å². The Morgan fingerprint density at radius 3 is 2.55 bits per heavy atom. The molecule has 162 valence electrons. The number of fused-ring (bicyclic) bond motifs is 1. The Morgan fingerprint density at radius 1 is 1.16 bits per heavy atom. The predicted octanol–water partition coefficient (Wildman–Crippen LogP) is 2.58. The molecule has 0 aliphatic carbocycles. The smallest absolute Gasteiger partial charge is 0.276 e. The van der Waals surface area contributed by atoms with Gasteiger partial charge in [-0.3, -0.25) is 14.4 Å². The van der Waals surface area contributed by atoms with Gasteiger partial charge in [-0.15, -0.1) is 5.10 Å². The molecule has 0 saturated heterocycles. The Balaban J connectivity index is 2.22. The molecule has 1 aliphatic rings. The molecule has 0 aromatic carbocycles. The number of carbonyl (C=O) groups excluding carboxylic acids is 1. The molecule has 0 unspecified atom stereocenters. The number of aromatic nitrogens is 3. The van der Waals surface area contributed by atoms with E-state index in [1.165, 1.54) is 16.2 Å². The highest BCUT2D eigenvalue weighted by atomic mass is 16.2. The zero-order valence-electron chi connectivity index (χ0n) is 18.3. The Morgan fingerprint density at radius 2 is 1.90 bits per heavy atom. The van der Waals surface area contributed by atoms with E-state index in [1.807, 2.05) is 19.9 Å². The van der Waals surface area contributed by atoms with E-state index in [9.17, 15) is 14.4 Å². The van der Waals surface area contributed by atoms with Crippen LogP contribution in [0.1, 0.15) is 31.9 Å². The lowest BCUT2D eigenvalue weighted by molar-refractivity contribution is -0.129. The van der Waals surface area contributed by atoms with E-state index in [0.717, 1.165) is 11.1 Å². The van der Waals surface area contributed by atoms with Crippen LogP contribution < -0.4 is 16.4 Å². The number of aryl methyl sites for hydroxylation is 1. The zero-order chi connectivity index (χ0) is 22.7. The highest BCUT2D eigenvalue weighted by Gasteiger charge is 2.26. The number of hydrogen-bond acceptors (Lipinski definition) is 5. The molecule has 1 N–H and O–H groups in total. The fourth-order valence-electron chi connectivity index (χ4n) is 3.40. The van der Waals surface area contributed by atoms with Gasteiger partial charge in [0.25, 0.3) is 11.1 Å². The van der Waals surface area contributed by atoms with E-state index >= 15 is 0 Å². The number of allylic oxidation sites excluding steroid dienone is 5. The molecular formula is C23H27N5O3. The summed E-state index contributed by atoms with van der Waals surface area (Å²) in [5, 5.41) is 7.66. The summed E-state index contributed by atoms with van der Waals surface area (Å²) in [6.45, 7) is 9.88. The van der Waals surface area contributed by atoms with Gasteiger partial charge >= 0.3 is 0 Å². The van der Waals surface area contributed by atoms with Crippen LogP contribution in [0.2, 0.25) is 0 Å². The van der Waals surface area contributed by atoms with E-state index in [4.69, 9.17) is 0 Å². The first kappa shape index (κ1) is 22.0. The Labute approximate surface area is 180 Å². The molecule has 3 rings (SSSR count). The second-order valence-electron chi connectivity index (χ2n) is 7.72. The number of nitrogens with one attached hydrogen (secondary N) is 1. The van der Waals surface area contributed by atoms with Crippen molar-refractivity contribution in [3.05, 3.63) is 80.5 Å². The van der Waals surface area contributed by atoms with Crippen molar-refractivity contribution in [2.24, 2.45) is 7.05 Å². The molecule has 8 nitrogen and oxygen atoms in total. The minimum absolute atomic E-state index is 0.0936. The van der Waals surface area contributed by atoms with E-state index in [-0.39, 0.29) is 23.6 Å². The zero-order valence-corrected chi connectivity index (χ0v) is 18.3. The molecule has 8 heteroatoms. The molecular weight excluding hydrogens is 394 g/mol. The summed E-state index contributed by atoms with van der Waals surface area (Å²) in [6, 6.07) is 3.43. The lowest BCUT2D eigenvalue weighted by atomic mass is 10.0. The lowest BCUT2D eigenvalue weighted by Gasteiger charge is -2.29. The van der Waals surface area contributed by atoms with Gasteiger partial charge in [0.05, 0.1) is 12.2 Å². The average molecular weight is 422 g/mol. The summed E-state index contributed by atoms with van der Waals surface area (Å²) in [5.41, 5.74) is 2.60. The average Bonchev–Trinajstić information content (AvgIpc) is 2.73. The Hall–Kier alpha value is -3.68. The SMILES string of the molecule is C=C/C(=C\C=C(C)C)n1nc(Nc2cccn(C)c2=O)c2c(c1=O)CN(C(C)=O)CC2. The van der Waals surface area contributed by atoms with Crippen LogP contribution in [0.25, 0.3) is 5.70 Å². The van der Waals surface area contributed by atoms with Crippen molar-refractivity contribution in [1.82, 2.24) is 19.2 Å². The standard InChI is InChI=1S/C23H27N5O3/c1-6-17(10-9-15(2)3)28-22(30)19-14-27(16(4)29)13-11-18(19)21(25-28)24-20-8-7-12-26(5)23(20)31/h6-10,12H,1,11,13-14H2,2-5H3,(H,24,25)/b17-10+. The third kappa shape index (κ3) is 4.58. The maximum Gasteiger partial charge on any atom is 0.276 e. The molecule has 0 atom stereocenters. The van der Waals surface area contributed by atoms with Crippen LogP contribution in [0.5, 0.6) is 0 Å². The molecule has 1 aliphatic heterocycles. The van der Waals surface area contributed by atoms with Gasteiger partial charge in [0.1, 0.15) is 5.69 Å². The van der Waals surface area contributed by atoms with Gasteiger partial charge in [-0.1, -0.05) is 18.2 Å². The molecule has 31 heavy (non-hydrogen) atoms. The summed E-state index contributed by atoms with van der Waals surface area (Å²) >= 11 is 0. The predicted molar refractivity (Wildman–Crippen MR) is 122 cm³/mol. The molecule has 0 saturated carbocycles. The van der Waals surface area contributed by atoms with Crippen molar-refractivity contribution in [1.29, 1.82) is 0 Å². The van der Waals surface area contributed by atoms with Gasteiger partial charge in [-0.2, -0.15) is 4.68 Å². The quantitative estimate of drug-likeness (QED) is 0.750. The molecule has 0 bridgehead atoms. The second kappa shape index (κ2) is 8.99. The van der Waals surface area contributed by atoms with Gasteiger partial charge in [-0.25, -0.2) is 0 Å². The normalized spacial score (nSPS) is 13.4. The van der Waals surface area contributed by atoms with E-state index in [1.54, 1.807) is 42.4 Å². The number of hydrogen-bond donors (Lipinski definition) is 1. The van der Waals surface area contributed by atoms with Crippen LogP contribution in [-0.4, -0.2) is 31.7 Å². The third-order valence-corrected chi connectivity index (χ3v) is 5.14. The number of anilines is 2. The molecule has 1 amide bonds. The van der Waals surface area contributed by atoms with E-state index in [0.29, 0.717) is 35.7 Å². The van der Waals surface area contributed by atoms with Crippen molar-refractivity contribution in [2.75, 3.05) is 11.9 Å². The van der Waals surface area contributed by atoms with Gasteiger partial charge in [-0.05, 0) is 44.6 Å². The first-order valence-corrected chi connectivity index (χ1v) is 10.0. The van der Waals surface area contributed by atoms with E-state index < -0.39 is 0 Å². The maximum atomic E-state index is 13.3. The minimum Gasteiger partial charge on any atom is -0.338 e. The Bertz CT molecular complexity index is 1210. The molecule has 0 radical (unpaired) electrons. The van der Waals surface area contributed by atoms with Crippen molar-refractivity contribution in [3.63, 3.8) is 0 Å². The molecule has 0 spiro atoms. The van der Waals surface area contributed by atoms with Gasteiger partial charge in [0, 0.05) is 37.8 Å². The van der Waals surface area contributed by atoms with Crippen molar-refractivity contribution in [2.45, 2.75) is 33.7 Å². The number of rotatable bonds is 5. The third-order valence-electron chi connectivity index (χ3n) is 5.14. The van der Waals surface area contributed by atoms with Crippen LogP contribution >= 0.6 is 0 Å². The Kier molecular flexibility index (Phi) is 6.39. The minimum atomic E-state index is -0.305. The highest BCUT2D eigenvalue weighted by molar-refractivity contribution is 5.74. The molecule has 2 aromatic rings. The van der Waals surface area contributed by atoms with Gasteiger partial charge < -0.3 is 14.8 Å². The van der Waals surface area contributed by atoms with Crippen molar-refractivity contribution >= 4 is 23.1 Å². The van der Waals surface area contributed by atoms with Crippen LogP contribution in [0.15, 0.2) is 58.3 Å². The monoisotopic (exact) mass is 421 g/mol. The maximum absolute atomic E-state index is 13.3. The fraction of sp³-hybridized carbons (Fsp3) is 0.304. The van der Waals surface area contributed by atoms with Crippen LogP contribution in [0.3, 0.4) is 0 Å². The van der Waals surface area contributed by atoms with Crippen LogP contribution in [0.4, 0.5) is 11.5 Å². The van der Waals surface area contributed by atoms with Gasteiger partial charge in [0.15, 0.2) is 5.82 Å². The van der Waals surface area contributed by atoms with Crippen LogP contribution in [0, 0.1) is 0 Å². The number of nitrogens with zero attached hydrogens (tertiary/aromatic N) is 4. The van der Waals surface area contributed by atoms with Crippen LogP contribution in [-0.2, 0) is 24.8 Å². The summed E-state index contributed by atoms with van der Waals surface area (Å²) in [6.07, 6.45) is 7.32. The van der Waals surface area contributed by atoms with E-state index in [2.05, 4.69) is 17.0 Å². The molecule has 0 fully saturated rings. The molecule has 3 heterocycles. The number of carbonyl (C=O) groups is 1. The summed E-state index contributed by atoms with van der Waals surface area (Å²) in [5.74, 6) is 0.329. The summed E-state index contributed by atoms with van der Waals surface area (Å²) in [4.78, 5) is 39.4. The lowest BCUT2D eigenvalue weighted by Crippen LogP contribution is -2.40. The van der Waals surface area contributed by atoms with Crippen molar-refractivity contribution in [3.8, 4) is 0 Å². The first-order valence-electron chi connectivity index (χ1n) is 10.0. The summed E-state index contributed by atoms with van der Waals surface area (Å²) < 4.78 is 2.73. The number of amides is 1. The number of pyridine rings is 1. The fourth-order valence-corrected chi connectivity index (χ4v) is 3.40. The highest BCUT2D eigenvalue weighted by Crippen LogP contribution is 2.25.